The van der Waals surface area contributed by atoms with Crippen LogP contribution in [0.2, 0.25) is 0 Å². The van der Waals surface area contributed by atoms with Crippen LogP contribution in [-0.4, -0.2) is 46.9 Å². The first-order valence-corrected chi connectivity index (χ1v) is 15.7. The number of alkyl halides is 5. The van der Waals surface area contributed by atoms with Gasteiger partial charge in [0.15, 0.2) is 11.7 Å². The zero-order valence-corrected chi connectivity index (χ0v) is 28.6. The number of halogens is 6. The zero-order chi connectivity index (χ0) is 37.0. The quantitative estimate of drug-likeness (QED) is 0.0616. The molecule has 3 aromatic rings. The van der Waals surface area contributed by atoms with E-state index in [0.29, 0.717) is 25.6 Å². The van der Waals surface area contributed by atoms with Gasteiger partial charge < -0.3 is 21.1 Å². The molecule has 1 heterocycles. The monoisotopic (exact) mass is 683 g/mol. The zero-order valence-electron chi connectivity index (χ0n) is 28.6. The van der Waals surface area contributed by atoms with E-state index >= 15 is 0 Å². The number of hydrogen-bond acceptors (Lipinski definition) is 6. The Morgan fingerprint density at radius 3 is 2.12 bits per heavy atom. The summed E-state index contributed by atoms with van der Waals surface area (Å²) in [4.78, 5) is 16.3. The second-order valence-corrected chi connectivity index (χ2v) is 10.5. The maximum Gasteiger partial charge on any atom is 0.412 e. The Morgan fingerprint density at radius 1 is 1.04 bits per heavy atom. The first kappa shape index (κ1) is 41.8. The predicted octanol–water partition coefficient (Wildman–Crippen LogP) is 9.41. The molecule has 0 bridgehead atoms. The summed E-state index contributed by atoms with van der Waals surface area (Å²) in [5, 5.41) is 14.7. The lowest BCUT2D eigenvalue weighted by molar-refractivity contribution is -0.143. The number of carboxylic acids is 1. The van der Waals surface area contributed by atoms with Crippen LogP contribution in [0.1, 0.15) is 99.6 Å². The molecule has 266 valence electrons. The van der Waals surface area contributed by atoms with Gasteiger partial charge in [-0.05, 0) is 49.1 Å². The molecule has 3 unspecified atom stereocenters. The van der Waals surface area contributed by atoms with Crippen LogP contribution in [0.3, 0.4) is 0 Å². The van der Waals surface area contributed by atoms with Gasteiger partial charge in [0.05, 0.1) is 11.9 Å². The number of carboxylic acid groups (broad SMARTS) is 1. The van der Waals surface area contributed by atoms with Crippen LogP contribution in [0.5, 0.6) is 0 Å². The fourth-order valence-corrected chi connectivity index (χ4v) is 4.71. The average Bonchev–Trinajstić information content (AvgIpc) is 3.05. The first-order chi connectivity index (χ1) is 22.4. The smallest absolute Gasteiger partial charge is 0.412 e. The standard InChI is InChI=1S/C31H35F6N5O2.2C2H6/c1-6-19(20-10-8-7-9-11-20)16-39-18(3)42(5)17(2)22-14-21(30(4,33)34)15-23(26(22)38)28(31(35,36)37)40-24-12-13-25(32)41-27(24)29(43)44;2*1-2/h7-15,18-19,28,39-40H,2,6,16,38H2,1,3-5H3,(H,43,44);2*1-2H3. The van der Waals surface area contributed by atoms with E-state index in [1.807, 2.05) is 70.3 Å². The van der Waals surface area contributed by atoms with Gasteiger partial charge in [-0.25, -0.2) is 18.6 Å². The lowest BCUT2D eigenvalue weighted by atomic mass is 9.93. The molecule has 0 aliphatic rings. The molecule has 5 N–H and O–H groups in total. The molecular weight excluding hydrogens is 636 g/mol. The molecule has 1 aromatic heterocycles. The highest BCUT2D eigenvalue weighted by Gasteiger charge is 2.44. The van der Waals surface area contributed by atoms with Crippen molar-refractivity contribution in [3.63, 3.8) is 0 Å². The van der Waals surface area contributed by atoms with Crippen molar-refractivity contribution in [3.05, 3.63) is 95.1 Å². The molecule has 0 spiro atoms. The molecule has 0 amide bonds. The topological polar surface area (TPSA) is 104 Å². The summed E-state index contributed by atoms with van der Waals surface area (Å²) < 4.78 is 86.4. The van der Waals surface area contributed by atoms with E-state index in [1.165, 1.54) is 0 Å². The minimum atomic E-state index is -5.16. The van der Waals surface area contributed by atoms with E-state index in [2.05, 4.69) is 16.9 Å². The van der Waals surface area contributed by atoms with Crippen molar-refractivity contribution < 1.29 is 36.2 Å². The number of rotatable bonds is 13. The van der Waals surface area contributed by atoms with Gasteiger partial charge in [-0.15, -0.1) is 0 Å². The number of benzene rings is 2. The van der Waals surface area contributed by atoms with Crippen molar-refractivity contribution >= 4 is 23.0 Å². The van der Waals surface area contributed by atoms with Crippen molar-refractivity contribution in [3.8, 4) is 0 Å². The Balaban J connectivity index is 0.00000277. The number of nitrogens with two attached hydrogens (primary N) is 1. The molecule has 0 saturated carbocycles. The van der Waals surface area contributed by atoms with Gasteiger partial charge in [-0.2, -0.15) is 17.6 Å². The van der Waals surface area contributed by atoms with Crippen LogP contribution >= 0.6 is 0 Å². The number of nitrogens with one attached hydrogen (secondary N) is 2. The summed E-state index contributed by atoms with van der Waals surface area (Å²) in [5.41, 5.74) is 3.48. The Morgan fingerprint density at radius 2 is 1.62 bits per heavy atom. The average molecular weight is 684 g/mol. The summed E-state index contributed by atoms with van der Waals surface area (Å²) >= 11 is 0. The molecule has 48 heavy (non-hydrogen) atoms. The van der Waals surface area contributed by atoms with Crippen LogP contribution in [-0.2, 0) is 5.92 Å². The number of nitrogen functional groups attached to an aromatic ring is 1. The third-order valence-electron chi connectivity index (χ3n) is 7.46. The van der Waals surface area contributed by atoms with Crippen LogP contribution in [0.4, 0.5) is 37.7 Å². The van der Waals surface area contributed by atoms with Crippen LogP contribution < -0.4 is 16.4 Å². The summed E-state index contributed by atoms with van der Waals surface area (Å²) in [6.07, 6.45) is -4.77. The Bertz CT molecular complexity index is 1480. The largest absolute Gasteiger partial charge is 0.476 e. The fourth-order valence-electron chi connectivity index (χ4n) is 4.71. The van der Waals surface area contributed by atoms with Gasteiger partial charge in [0.1, 0.15) is 0 Å². The molecule has 7 nitrogen and oxygen atoms in total. The minimum Gasteiger partial charge on any atom is -0.476 e. The Kier molecular flexibility index (Phi) is 15.9. The summed E-state index contributed by atoms with van der Waals surface area (Å²) in [6, 6.07) is 10.1. The van der Waals surface area contributed by atoms with Crippen molar-refractivity contribution in [2.45, 2.75) is 85.1 Å². The van der Waals surface area contributed by atoms with Gasteiger partial charge in [0, 0.05) is 48.6 Å². The molecule has 2 aromatic carbocycles. The van der Waals surface area contributed by atoms with Crippen molar-refractivity contribution in [2.24, 2.45) is 0 Å². The highest BCUT2D eigenvalue weighted by molar-refractivity contribution is 5.92. The van der Waals surface area contributed by atoms with Gasteiger partial charge in [-0.3, -0.25) is 5.32 Å². The molecular formula is C35H47F6N5O2. The van der Waals surface area contributed by atoms with E-state index < -0.39 is 64.4 Å². The summed E-state index contributed by atoms with van der Waals surface area (Å²) in [7, 11) is 1.60. The minimum absolute atomic E-state index is 0.0678. The van der Waals surface area contributed by atoms with Crippen LogP contribution in [0, 0.1) is 5.95 Å². The van der Waals surface area contributed by atoms with E-state index in [0.717, 1.165) is 24.1 Å². The molecule has 3 rings (SSSR count). The van der Waals surface area contributed by atoms with E-state index in [1.54, 1.807) is 18.9 Å². The molecule has 0 fully saturated rings. The van der Waals surface area contributed by atoms with E-state index in [9.17, 15) is 36.2 Å². The van der Waals surface area contributed by atoms with E-state index in [-0.39, 0.29) is 17.2 Å². The maximum atomic E-state index is 14.7. The molecule has 0 aliphatic heterocycles. The highest BCUT2D eigenvalue weighted by Crippen LogP contribution is 2.43. The molecule has 3 atom stereocenters. The normalized spacial score (nSPS) is 13.1. The second-order valence-electron chi connectivity index (χ2n) is 10.5. The van der Waals surface area contributed by atoms with Crippen molar-refractivity contribution in [1.82, 2.24) is 15.2 Å². The summed E-state index contributed by atoms with van der Waals surface area (Å²) in [5.74, 6) is -6.45. The van der Waals surface area contributed by atoms with Gasteiger partial charge in [-0.1, -0.05) is 71.5 Å². The fraction of sp³-hybridized carbons (Fsp3) is 0.429. The number of carbonyl (C=O) groups is 1. The molecule has 0 radical (unpaired) electrons. The Labute approximate surface area is 279 Å². The van der Waals surface area contributed by atoms with Gasteiger partial charge in [0.2, 0.25) is 5.95 Å². The van der Waals surface area contributed by atoms with Gasteiger partial charge >= 0.3 is 12.1 Å². The third kappa shape index (κ3) is 10.9. The summed E-state index contributed by atoms with van der Waals surface area (Å²) in [6.45, 7) is 16.9. The number of anilines is 2. The number of aromatic nitrogens is 1. The molecule has 0 saturated heterocycles. The lowest BCUT2D eigenvalue weighted by Gasteiger charge is -2.33. The number of pyridine rings is 1. The second kappa shape index (κ2) is 18.3. The first-order valence-electron chi connectivity index (χ1n) is 15.7. The van der Waals surface area contributed by atoms with Crippen LogP contribution in [0.15, 0.2) is 61.2 Å². The molecule has 0 aliphatic carbocycles. The van der Waals surface area contributed by atoms with Gasteiger partial charge in [0.25, 0.3) is 5.92 Å². The maximum absolute atomic E-state index is 14.7. The number of hydrogen-bond donors (Lipinski definition) is 4. The van der Waals surface area contributed by atoms with E-state index in [4.69, 9.17) is 5.73 Å². The number of aromatic carboxylic acids is 1. The Hall–Kier alpha value is -4.26. The third-order valence-corrected chi connectivity index (χ3v) is 7.46. The highest BCUT2D eigenvalue weighted by atomic mass is 19.4. The predicted molar refractivity (Wildman–Crippen MR) is 180 cm³/mol. The van der Waals surface area contributed by atoms with Crippen molar-refractivity contribution in [2.75, 3.05) is 24.6 Å². The van der Waals surface area contributed by atoms with Crippen molar-refractivity contribution in [1.29, 1.82) is 0 Å². The number of nitrogens with zero attached hydrogens (tertiary/aromatic N) is 2. The SMILES string of the molecule is C=C(c1cc(C(C)(F)F)cc(C(Nc2ccc(F)nc2C(=O)O)C(F)(F)F)c1N)N(C)C(C)NCC(CC)c1ccccc1.CC.CC. The van der Waals surface area contributed by atoms with Crippen LogP contribution in [0.25, 0.3) is 5.70 Å². The molecule has 13 heteroatoms. The lowest BCUT2D eigenvalue weighted by Crippen LogP contribution is -2.42.